The Hall–Kier alpha value is -3.14. The molecule has 0 unspecified atom stereocenters. The Morgan fingerprint density at radius 2 is 1.72 bits per heavy atom. The Kier molecular flexibility index (Phi) is 5.10. The highest BCUT2D eigenvalue weighted by Gasteiger charge is 2.38. The van der Waals surface area contributed by atoms with E-state index in [1.165, 1.54) is 0 Å². The molecule has 1 aliphatic carbocycles. The van der Waals surface area contributed by atoms with Crippen LogP contribution in [0.25, 0.3) is 0 Å². The molecule has 2 aromatic rings. The van der Waals surface area contributed by atoms with Crippen LogP contribution in [0, 0.1) is 13.8 Å². The number of hydrogen-bond acceptors (Lipinski definition) is 3. The van der Waals surface area contributed by atoms with Crippen molar-refractivity contribution in [2.75, 3.05) is 5.32 Å². The highest BCUT2D eigenvalue weighted by atomic mass is 16.2. The Labute approximate surface area is 171 Å². The molecule has 0 radical (unpaired) electrons. The summed E-state index contributed by atoms with van der Waals surface area (Å²) in [4.78, 5) is 26.3. The van der Waals surface area contributed by atoms with Crippen molar-refractivity contribution in [3.63, 3.8) is 0 Å². The van der Waals surface area contributed by atoms with Crippen LogP contribution in [0.2, 0.25) is 0 Å². The standard InChI is InChI=1S/C25H26N2O2/c1-15-11-13-18(14-12-15)23-22(25(29)27-19-8-5-4-7-16(19)2)17(3)26-20-9-6-10-21(28)24(20)23/h4-5,7-8,11-14,23,26H,6,9-10H2,1-3H3,(H,27,29)/t23-/m1/s1. The predicted octanol–water partition coefficient (Wildman–Crippen LogP) is 4.91. The molecular weight excluding hydrogens is 360 g/mol. The highest BCUT2D eigenvalue weighted by Crippen LogP contribution is 2.42. The number of dihydropyridines is 1. The quantitative estimate of drug-likeness (QED) is 0.788. The topological polar surface area (TPSA) is 58.2 Å². The van der Waals surface area contributed by atoms with Gasteiger partial charge in [-0.1, -0.05) is 48.0 Å². The maximum atomic E-state index is 13.4. The van der Waals surface area contributed by atoms with Gasteiger partial charge in [-0.25, -0.2) is 0 Å². The summed E-state index contributed by atoms with van der Waals surface area (Å²) in [6, 6.07) is 15.9. The van der Waals surface area contributed by atoms with Gasteiger partial charge in [-0.3, -0.25) is 9.59 Å². The van der Waals surface area contributed by atoms with E-state index in [1.54, 1.807) is 0 Å². The van der Waals surface area contributed by atoms with Crippen molar-refractivity contribution in [3.8, 4) is 0 Å². The van der Waals surface area contributed by atoms with Crippen LogP contribution >= 0.6 is 0 Å². The molecule has 4 nitrogen and oxygen atoms in total. The molecule has 0 aromatic heterocycles. The largest absolute Gasteiger partial charge is 0.362 e. The number of carbonyl (C=O) groups is 2. The lowest BCUT2D eigenvalue weighted by molar-refractivity contribution is -0.116. The number of amides is 1. The van der Waals surface area contributed by atoms with Crippen molar-refractivity contribution in [3.05, 3.63) is 87.8 Å². The molecule has 1 atom stereocenters. The number of rotatable bonds is 3. The van der Waals surface area contributed by atoms with Gasteiger partial charge >= 0.3 is 0 Å². The zero-order valence-electron chi connectivity index (χ0n) is 17.1. The van der Waals surface area contributed by atoms with E-state index in [1.807, 2.05) is 69.3 Å². The van der Waals surface area contributed by atoms with Crippen molar-refractivity contribution < 1.29 is 9.59 Å². The molecule has 29 heavy (non-hydrogen) atoms. The zero-order valence-corrected chi connectivity index (χ0v) is 17.1. The van der Waals surface area contributed by atoms with Crippen LogP contribution < -0.4 is 10.6 Å². The molecular formula is C25H26N2O2. The minimum atomic E-state index is -0.344. The average Bonchev–Trinajstić information content (AvgIpc) is 2.69. The molecule has 1 aliphatic heterocycles. The van der Waals surface area contributed by atoms with Crippen molar-refractivity contribution in [2.45, 2.75) is 46.0 Å². The lowest BCUT2D eigenvalue weighted by Gasteiger charge is -2.34. The molecule has 148 valence electrons. The van der Waals surface area contributed by atoms with Gasteiger partial charge in [0.2, 0.25) is 0 Å². The fourth-order valence-electron chi connectivity index (χ4n) is 4.28. The first-order valence-corrected chi connectivity index (χ1v) is 10.1. The second-order valence-corrected chi connectivity index (χ2v) is 7.95. The van der Waals surface area contributed by atoms with Crippen LogP contribution in [0.5, 0.6) is 0 Å². The molecule has 4 heteroatoms. The SMILES string of the molecule is CC1=C(C(=O)Nc2ccccc2C)[C@@H](c2ccc(C)cc2)C2=C(CCCC2=O)N1. The van der Waals surface area contributed by atoms with Crippen molar-refractivity contribution in [2.24, 2.45) is 0 Å². The van der Waals surface area contributed by atoms with E-state index in [-0.39, 0.29) is 17.6 Å². The number of nitrogens with one attached hydrogen (secondary N) is 2. The molecule has 1 heterocycles. The lowest BCUT2D eigenvalue weighted by Crippen LogP contribution is -2.35. The third-order valence-corrected chi connectivity index (χ3v) is 5.82. The van der Waals surface area contributed by atoms with E-state index in [0.29, 0.717) is 12.0 Å². The van der Waals surface area contributed by atoms with E-state index in [2.05, 4.69) is 10.6 Å². The first kappa shape index (κ1) is 19.2. The summed E-state index contributed by atoms with van der Waals surface area (Å²) < 4.78 is 0. The van der Waals surface area contributed by atoms with Crippen molar-refractivity contribution in [1.29, 1.82) is 0 Å². The Balaban J connectivity index is 1.79. The van der Waals surface area contributed by atoms with E-state index in [4.69, 9.17) is 0 Å². The van der Waals surface area contributed by atoms with Crippen molar-refractivity contribution in [1.82, 2.24) is 5.32 Å². The molecule has 2 aliphatic rings. The highest BCUT2D eigenvalue weighted by molar-refractivity contribution is 6.10. The number of hydrogen-bond donors (Lipinski definition) is 2. The second-order valence-electron chi connectivity index (χ2n) is 7.95. The van der Waals surface area contributed by atoms with Crippen LogP contribution in [-0.2, 0) is 9.59 Å². The molecule has 0 bridgehead atoms. The summed E-state index contributed by atoms with van der Waals surface area (Å²) in [5.74, 6) is -0.374. The van der Waals surface area contributed by atoms with Gasteiger partial charge in [0.15, 0.2) is 5.78 Å². The van der Waals surface area contributed by atoms with Crippen LogP contribution in [0.15, 0.2) is 71.1 Å². The number of carbonyl (C=O) groups excluding carboxylic acids is 2. The van der Waals surface area contributed by atoms with Crippen LogP contribution in [0.3, 0.4) is 0 Å². The van der Waals surface area contributed by atoms with Crippen LogP contribution in [0.1, 0.15) is 48.8 Å². The Bertz CT molecular complexity index is 1040. The third kappa shape index (κ3) is 3.63. The molecule has 2 N–H and O–H groups in total. The number of aryl methyl sites for hydroxylation is 2. The number of ketones is 1. The molecule has 0 saturated carbocycles. The third-order valence-electron chi connectivity index (χ3n) is 5.82. The van der Waals surface area contributed by atoms with E-state index < -0.39 is 0 Å². The number of Topliss-reactive ketones (excluding diaryl/α,β-unsaturated/α-hetero) is 1. The molecule has 0 saturated heterocycles. The monoisotopic (exact) mass is 386 g/mol. The second kappa shape index (κ2) is 7.70. The average molecular weight is 386 g/mol. The van der Waals surface area contributed by atoms with Gasteiger partial charge in [-0.2, -0.15) is 0 Å². The fourth-order valence-corrected chi connectivity index (χ4v) is 4.28. The molecule has 0 fully saturated rings. The summed E-state index contributed by atoms with van der Waals surface area (Å²) >= 11 is 0. The smallest absolute Gasteiger partial charge is 0.254 e. The molecule has 4 rings (SSSR count). The summed E-state index contributed by atoms with van der Waals surface area (Å²) in [5, 5.41) is 6.43. The van der Waals surface area contributed by atoms with E-state index in [0.717, 1.165) is 52.2 Å². The van der Waals surface area contributed by atoms with Crippen molar-refractivity contribution >= 4 is 17.4 Å². The van der Waals surface area contributed by atoms with E-state index in [9.17, 15) is 9.59 Å². The number of para-hydroxylation sites is 1. The molecule has 0 spiro atoms. The van der Waals surface area contributed by atoms with Crippen LogP contribution in [-0.4, -0.2) is 11.7 Å². The maximum Gasteiger partial charge on any atom is 0.254 e. The van der Waals surface area contributed by atoms with Gasteiger partial charge in [0.05, 0.1) is 0 Å². The summed E-state index contributed by atoms with van der Waals surface area (Å²) in [6.45, 7) is 5.94. The maximum absolute atomic E-state index is 13.4. The van der Waals surface area contributed by atoms with Gasteiger partial charge in [-0.15, -0.1) is 0 Å². The first-order chi connectivity index (χ1) is 14.0. The predicted molar refractivity (Wildman–Crippen MR) is 115 cm³/mol. The zero-order chi connectivity index (χ0) is 20.5. The minimum Gasteiger partial charge on any atom is -0.362 e. The number of allylic oxidation sites excluding steroid dienone is 3. The number of anilines is 1. The van der Waals surface area contributed by atoms with Gasteiger partial charge < -0.3 is 10.6 Å². The van der Waals surface area contributed by atoms with Gasteiger partial charge in [0.1, 0.15) is 0 Å². The molecule has 1 amide bonds. The van der Waals surface area contributed by atoms with Gasteiger partial charge in [0, 0.05) is 40.6 Å². The lowest BCUT2D eigenvalue weighted by atomic mass is 9.75. The first-order valence-electron chi connectivity index (χ1n) is 10.1. The minimum absolute atomic E-state index is 0.137. The van der Waals surface area contributed by atoms with Gasteiger partial charge in [0.25, 0.3) is 5.91 Å². The van der Waals surface area contributed by atoms with Gasteiger partial charge in [-0.05, 0) is 50.8 Å². The molecule has 2 aromatic carbocycles. The van der Waals surface area contributed by atoms with Crippen LogP contribution in [0.4, 0.5) is 5.69 Å². The summed E-state index contributed by atoms with van der Waals surface area (Å²) in [5.41, 5.74) is 7.07. The Morgan fingerprint density at radius 1 is 1.00 bits per heavy atom. The summed E-state index contributed by atoms with van der Waals surface area (Å²) in [7, 11) is 0. The number of benzene rings is 2. The summed E-state index contributed by atoms with van der Waals surface area (Å²) in [6.07, 6.45) is 2.23. The Morgan fingerprint density at radius 3 is 2.45 bits per heavy atom. The normalized spacial score (nSPS) is 19.0. The van der Waals surface area contributed by atoms with E-state index >= 15 is 0 Å². The fraction of sp³-hybridized carbons (Fsp3) is 0.280.